The lowest BCUT2D eigenvalue weighted by Gasteiger charge is -2.42. The third-order valence-electron chi connectivity index (χ3n) is 3.03. The summed E-state index contributed by atoms with van der Waals surface area (Å²) in [5.74, 6) is 0.568. The minimum Gasteiger partial charge on any atom is -0.317 e. The maximum absolute atomic E-state index is 12.1. The predicted molar refractivity (Wildman–Crippen MR) is 53.7 cm³/mol. The predicted octanol–water partition coefficient (Wildman–Crippen LogP) is 1.57. The van der Waals surface area contributed by atoms with Gasteiger partial charge in [0.2, 0.25) is 0 Å². The average molecular weight is 206 g/mol. The Labute approximate surface area is 84.7 Å². The quantitative estimate of drug-likeness (QED) is 0.709. The minimum atomic E-state index is -2.21. The third kappa shape index (κ3) is 3.17. The molecule has 0 radical (unpaired) electrons. The summed E-state index contributed by atoms with van der Waals surface area (Å²) in [6, 6.07) is 0.364. The van der Waals surface area contributed by atoms with Gasteiger partial charge in [-0.3, -0.25) is 4.90 Å². The third-order valence-corrected chi connectivity index (χ3v) is 3.03. The first-order chi connectivity index (χ1) is 6.65. The van der Waals surface area contributed by atoms with E-state index in [4.69, 9.17) is 0 Å². The molecule has 0 aliphatic heterocycles. The van der Waals surface area contributed by atoms with Crippen molar-refractivity contribution < 1.29 is 8.78 Å². The molecule has 0 aromatic heterocycles. The molecule has 0 heterocycles. The van der Waals surface area contributed by atoms with E-state index < -0.39 is 6.43 Å². The first-order valence-electron chi connectivity index (χ1n) is 5.34. The summed E-state index contributed by atoms with van der Waals surface area (Å²) in [5.41, 5.74) is 0. The summed E-state index contributed by atoms with van der Waals surface area (Å²) >= 11 is 0. The van der Waals surface area contributed by atoms with Crippen LogP contribution in [-0.4, -0.2) is 44.0 Å². The van der Waals surface area contributed by atoms with E-state index in [1.165, 1.54) is 6.42 Å². The van der Waals surface area contributed by atoms with Gasteiger partial charge in [-0.2, -0.15) is 0 Å². The number of nitrogens with zero attached hydrogens (tertiary/aromatic N) is 1. The summed E-state index contributed by atoms with van der Waals surface area (Å²) in [7, 11) is 1.80. The highest BCUT2D eigenvalue weighted by Crippen LogP contribution is 2.31. The number of hydrogen-bond donors (Lipinski definition) is 1. The van der Waals surface area contributed by atoms with E-state index in [-0.39, 0.29) is 6.54 Å². The molecule has 1 saturated carbocycles. The van der Waals surface area contributed by atoms with E-state index in [2.05, 4.69) is 12.2 Å². The standard InChI is InChI=1S/C10H20F2N2/c1-3-13-6-8-4-5-9(8)14(2)7-10(11)12/h8-10,13H,3-7H2,1-2H3. The number of halogens is 2. The molecule has 14 heavy (non-hydrogen) atoms. The van der Waals surface area contributed by atoms with Gasteiger partial charge in [0.05, 0.1) is 6.54 Å². The largest absolute Gasteiger partial charge is 0.317 e. The zero-order valence-electron chi connectivity index (χ0n) is 8.97. The number of hydrogen-bond acceptors (Lipinski definition) is 2. The molecule has 4 heteroatoms. The molecule has 2 unspecified atom stereocenters. The molecule has 2 atom stereocenters. The topological polar surface area (TPSA) is 15.3 Å². The summed E-state index contributed by atoms with van der Waals surface area (Å²) in [4.78, 5) is 1.80. The maximum atomic E-state index is 12.1. The highest BCUT2D eigenvalue weighted by atomic mass is 19.3. The van der Waals surface area contributed by atoms with Crippen molar-refractivity contribution in [3.63, 3.8) is 0 Å². The van der Waals surface area contributed by atoms with Crippen molar-refractivity contribution in [1.82, 2.24) is 10.2 Å². The molecule has 0 amide bonds. The molecule has 0 aromatic carbocycles. The van der Waals surface area contributed by atoms with Gasteiger partial charge in [-0.15, -0.1) is 0 Å². The van der Waals surface area contributed by atoms with Gasteiger partial charge >= 0.3 is 0 Å². The molecule has 2 nitrogen and oxygen atoms in total. The number of rotatable bonds is 6. The van der Waals surface area contributed by atoms with E-state index in [0.29, 0.717) is 12.0 Å². The molecule has 0 bridgehead atoms. The normalized spacial score (nSPS) is 27.0. The first-order valence-corrected chi connectivity index (χ1v) is 5.34. The fourth-order valence-corrected chi connectivity index (χ4v) is 2.05. The smallest absolute Gasteiger partial charge is 0.251 e. The summed E-state index contributed by atoms with van der Waals surface area (Å²) in [5, 5.41) is 3.27. The van der Waals surface area contributed by atoms with Crippen molar-refractivity contribution in [2.75, 3.05) is 26.7 Å². The van der Waals surface area contributed by atoms with Crippen LogP contribution in [0.25, 0.3) is 0 Å². The van der Waals surface area contributed by atoms with Crippen molar-refractivity contribution in [2.24, 2.45) is 5.92 Å². The summed E-state index contributed by atoms with van der Waals surface area (Å²) < 4.78 is 24.3. The van der Waals surface area contributed by atoms with E-state index in [9.17, 15) is 8.78 Å². The van der Waals surface area contributed by atoms with Crippen molar-refractivity contribution in [1.29, 1.82) is 0 Å². The van der Waals surface area contributed by atoms with Crippen LogP contribution in [0.1, 0.15) is 19.8 Å². The lowest BCUT2D eigenvalue weighted by molar-refractivity contribution is 0.0276. The van der Waals surface area contributed by atoms with Gasteiger partial charge in [-0.05, 0) is 38.9 Å². The van der Waals surface area contributed by atoms with E-state index in [1.807, 2.05) is 0 Å². The maximum Gasteiger partial charge on any atom is 0.251 e. The van der Waals surface area contributed by atoms with Crippen LogP contribution >= 0.6 is 0 Å². The van der Waals surface area contributed by atoms with Crippen LogP contribution in [0, 0.1) is 5.92 Å². The van der Waals surface area contributed by atoms with Gasteiger partial charge in [0.25, 0.3) is 6.43 Å². The average Bonchev–Trinajstić information content (AvgIpc) is 2.01. The van der Waals surface area contributed by atoms with Gasteiger partial charge in [-0.1, -0.05) is 6.92 Å². The first kappa shape index (κ1) is 11.9. The van der Waals surface area contributed by atoms with Crippen LogP contribution in [-0.2, 0) is 0 Å². The molecule has 0 saturated heterocycles. The van der Waals surface area contributed by atoms with E-state index >= 15 is 0 Å². The zero-order chi connectivity index (χ0) is 10.6. The fraction of sp³-hybridized carbons (Fsp3) is 1.00. The number of nitrogens with one attached hydrogen (secondary N) is 1. The van der Waals surface area contributed by atoms with Gasteiger partial charge in [0.15, 0.2) is 0 Å². The van der Waals surface area contributed by atoms with Crippen LogP contribution in [0.3, 0.4) is 0 Å². The molecular formula is C10H20F2N2. The highest BCUT2D eigenvalue weighted by Gasteiger charge is 2.33. The van der Waals surface area contributed by atoms with Gasteiger partial charge in [0.1, 0.15) is 0 Å². The van der Waals surface area contributed by atoms with Crippen molar-refractivity contribution in [3.05, 3.63) is 0 Å². The Morgan fingerprint density at radius 2 is 2.14 bits per heavy atom. The molecule has 84 valence electrons. The van der Waals surface area contributed by atoms with Crippen LogP contribution in [0.15, 0.2) is 0 Å². The van der Waals surface area contributed by atoms with Crippen molar-refractivity contribution >= 4 is 0 Å². The second-order valence-corrected chi connectivity index (χ2v) is 4.04. The second kappa shape index (κ2) is 5.61. The summed E-state index contributed by atoms with van der Waals surface area (Å²) in [6.45, 7) is 3.90. The molecular weight excluding hydrogens is 186 g/mol. The Morgan fingerprint density at radius 1 is 1.43 bits per heavy atom. The molecule has 0 spiro atoms. The van der Waals surface area contributed by atoms with Crippen LogP contribution in [0.5, 0.6) is 0 Å². The molecule has 1 rings (SSSR count). The Morgan fingerprint density at radius 3 is 2.57 bits per heavy atom. The second-order valence-electron chi connectivity index (χ2n) is 4.04. The van der Waals surface area contributed by atoms with Crippen molar-refractivity contribution in [3.8, 4) is 0 Å². The van der Waals surface area contributed by atoms with Gasteiger partial charge < -0.3 is 5.32 Å². The molecule has 1 fully saturated rings. The van der Waals surface area contributed by atoms with Gasteiger partial charge in [0, 0.05) is 6.04 Å². The lowest BCUT2D eigenvalue weighted by atomic mass is 9.78. The monoisotopic (exact) mass is 206 g/mol. The Balaban J connectivity index is 2.23. The molecule has 1 aliphatic carbocycles. The highest BCUT2D eigenvalue weighted by molar-refractivity contribution is 4.88. The van der Waals surface area contributed by atoms with Crippen LogP contribution in [0.4, 0.5) is 8.78 Å². The Kier molecular flexibility index (Phi) is 4.75. The fourth-order valence-electron chi connectivity index (χ4n) is 2.05. The Bertz CT molecular complexity index is 164. The van der Waals surface area contributed by atoms with Crippen LogP contribution < -0.4 is 5.32 Å². The summed E-state index contributed by atoms with van der Waals surface area (Å²) in [6.07, 6.45) is 0.0326. The molecule has 1 N–H and O–H groups in total. The van der Waals surface area contributed by atoms with Crippen molar-refractivity contribution in [2.45, 2.75) is 32.2 Å². The Hall–Kier alpha value is -0.220. The molecule has 1 aliphatic rings. The lowest BCUT2D eigenvalue weighted by Crippen LogP contribution is -2.50. The SMILES string of the molecule is CCNCC1CCC1N(C)CC(F)F. The zero-order valence-corrected chi connectivity index (χ0v) is 8.97. The van der Waals surface area contributed by atoms with E-state index in [1.54, 1.807) is 11.9 Å². The minimum absolute atomic E-state index is 0.0900. The van der Waals surface area contributed by atoms with E-state index in [0.717, 1.165) is 19.5 Å². The van der Waals surface area contributed by atoms with Gasteiger partial charge in [-0.25, -0.2) is 8.78 Å². The molecule has 0 aromatic rings. The van der Waals surface area contributed by atoms with Crippen LogP contribution in [0.2, 0.25) is 0 Å². The number of alkyl halides is 2.